The molecule has 1 N–H and O–H groups in total. The molecular formula is C22H22N4O2. The van der Waals surface area contributed by atoms with Crippen LogP contribution >= 0.6 is 0 Å². The van der Waals surface area contributed by atoms with E-state index in [2.05, 4.69) is 15.3 Å². The average molecular weight is 374 g/mol. The Morgan fingerprint density at radius 1 is 1.04 bits per heavy atom. The van der Waals surface area contributed by atoms with Crippen molar-refractivity contribution in [1.82, 2.24) is 14.9 Å². The average Bonchev–Trinajstić information content (AvgIpc) is 2.68. The van der Waals surface area contributed by atoms with Crippen molar-refractivity contribution in [3.05, 3.63) is 71.6 Å². The Morgan fingerprint density at radius 3 is 2.43 bits per heavy atom. The molecule has 0 aliphatic carbocycles. The van der Waals surface area contributed by atoms with E-state index in [1.54, 1.807) is 19.3 Å². The number of aryl methyl sites for hydroxylation is 2. The Bertz CT molecular complexity index is 1040. The number of likely N-dealkylation sites (N-methyl/N-ethyl adjacent to an activating group) is 1. The Labute approximate surface area is 163 Å². The summed E-state index contributed by atoms with van der Waals surface area (Å²) in [5.74, 6) is -0.529. The number of nitrogens with zero attached hydrogens (tertiary/aromatic N) is 3. The molecule has 28 heavy (non-hydrogen) atoms. The molecule has 0 atom stereocenters. The van der Waals surface area contributed by atoms with Crippen LogP contribution in [-0.2, 0) is 9.59 Å². The van der Waals surface area contributed by atoms with E-state index in [0.717, 1.165) is 27.8 Å². The number of benzene rings is 2. The van der Waals surface area contributed by atoms with Crippen LogP contribution in [0.3, 0.4) is 0 Å². The molecule has 0 aliphatic rings. The minimum atomic E-state index is -0.286. The van der Waals surface area contributed by atoms with Gasteiger partial charge in [0.15, 0.2) is 0 Å². The number of nitrogens with one attached hydrogen (secondary N) is 1. The van der Waals surface area contributed by atoms with Crippen LogP contribution in [0.1, 0.15) is 16.8 Å². The van der Waals surface area contributed by atoms with Crippen molar-refractivity contribution in [2.45, 2.75) is 13.8 Å². The van der Waals surface area contributed by atoms with Gasteiger partial charge >= 0.3 is 0 Å². The summed E-state index contributed by atoms with van der Waals surface area (Å²) >= 11 is 0. The van der Waals surface area contributed by atoms with Crippen LogP contribution in [0, 0.1) is 13.8 Å². The molecule has 3 aromatic rings. The summed E-state index contributed by atoms with van der Waals surface area (Å²) in [7, 11) is 1.59. The van der Waals surface area contributed by atoms with E-state index in [0.29, 0.717) is 5.69 Å². The first-order valence-electron chi connectivity index (χ1n) is 8.95. The van der Waals surface area contributed by atoms with Crippen LogP contribution in [-0.4, -0.2) is 40.3 Å². The molecular weight excluding hydrogens is 352 g/mol. The van der Waals surface area contributed by atoms with Crippen LogP contribution in [0.4, 0.5) is 5.69 Å². The number of rotatable bonds is 5. The van der Waals surface area contributed by atoms with Crippen LogP contribution in [0.2, 0.25) is 0 Å². The fourth-order valence-electron chi connectivity index (χ4n) is 2.82. The first-order chi connectivity index (χ1) is 13.4. The Hall–Kier alpha value is -3.54. The second kappa shape index (κ2) is 8.43. The third kappa shape index (κ3) is 4.59. The third-order valence-electron chi connectivity index (χ3n) is 4.37. The molecule has 6 nitrogen and oxygen atoms in total. The van der Waals surface area contributed by atoms with Gasteiger partial charge in [0.05, 0.1) is 29.5 Å². The molecule has 0 fully saturated rings. The number of fused-ring (bicyclic) bond motifs is 1. The standard InChI is InChI=1S/C22H22N4O2/c1-15-7-6-8-16(2)22(15)25-20(27)14-26(3)21(28)12-11-17-13-23-18-9-4-5-10-19(18)24-17/h4-13H,14H2,1-3H3,(H,25,27)/b12-11+. The topological polar surface area (TPSA) is 75.2 Å². The van der Waals surface area contributed by atoms with Gasteiger partial charge in [-0.25, -0.2) is 4.98 Å². The quantitative estimate of drug-likeness (QED) is 0.695. The second-order valence-corrected chi connectivity index (χ2v) is 6.63. The van der Waals surface area contributed by atoms with Crippen LogP contribution < -0.4 is 5.32 Å². The Balaban J connectivity index is 1.61. The number of carbonyl (C=O) groups excluding carboxylic acids is 2. The van der Waals surface area contributed by atoms with Gasteiger partial charge in [-0.15, -0.1) is 0 Å². The van der Waals surface area contributed by atoms with Crippen LogP contribution in [0.5, 0.6) is 0 Å². The van der Waals surface area contributed by atoms with Gasteiger partial charge in [-0.3, -0.25) is 14.6 Å². The van der Waals surface area contributed by atoms with E-state index < -0.39 is 0 Å². The van der Waals surface area contributed by atoms with E-state index in [9.17, 15) is 9.59 Å². The van der Waals surface area contributed by atoms with E-state index in [4.69, 9.17) is 0 Å². The summed E-state index contributed by atoms with van der Waals surface area (Å²) in [5, 5.41) is 2.88. The van der Waals surface area contributed by atoms with Crippen LogP contribution in [0.25, 0.3) is 17.1 Å². The highest BCUT2D eigenvalue weighted by atomic mass is 16.2. The van der Waals surface area contributed by atoms with Gasteiger partial charge in [-0.1, -0.05) is 30.3 Å². The molecule has 3 rings (SSSR count). The highest BCUT2D eigenvalue weighted by molar-refractivity contribution is 5.98. The zero-order valence-electron chi connectivity index (χ0n) is 16.1. The van der Waals surface area contributed by atoms with E-state index in [1.165, 1.54) is 11.0 Å². The largest absolute Gasteiger partial charge is 0.333 e. The SMILES string of the molecule is Cc1cccc(C)c1NC(=O)CN(C)C(=O)/C=C/c1cnc2ccccc2n1. The van der Waals surface area contributed by atoms with E-state index >= 15 is 0 Å². The predicted molar refractivity (Wildman–Crippen MR) is 111 cm³/mol. The lowest BCUT2D eigenvalue weighted by Gasteiger charge is -2.16. The van der Waals surface area contributed by atoms with Crippen molar-refractivity contribution in [1.29, 1.82) is 0 Å². The fraction of sp³-hybridized carbons (Fsp3) is 0.182. The maximum atomic E-state index is 12.3. The van der Waals surface area contributed by atoms with Crippen molar-refractivity contribution in [3.63, 3.8) is 0 Å². The maximum absolute atomic E-state index is 12.3. The first-order valence-corrected chi connectivity index (χ1v) is 8.95. The molecule has 0 bridgehead atoms. The molecule has 2 amide bonds. The molecule has 0 spiro atoms. The fourth-order valence-corrected chi connectivity index (χ4v) is 2.82. The summed E-state index contributed by atoms with van der Waals surface area (Å²) in [6.07, 6.45) is 4.60. The minimum absolute atomic E-state index is 0.0413. The van der Waals surface area contributed by atoms with Gasteiger partial charge in [-0.05, 0) is 43.2 Å². The van der Waals surface area contributed by atoms with E-state index in [-0.39, 0.29) is 18.4 Å². The molecule has 6 heteroatoms. The van der Waals surface area contributed by atoms with Crippen molar-refractivity contribution in [2.75, 3.05) is 18.9 Å². The highest BCUT2D eigenvalue weighted by Crippen LogP contribution is 2.19. The number of amides is 2. The number of aromatic nitrogens is 2. The molecule has 1 aromatic heterocycles. The normalized spacial score (nSPS) is 11.0. The molecule has 1 heterocycles. The predicted octanol–water partition coefficient (Wildman–Crippen LogP) is 3.36. The van der Waals surface area contributed by atoms with Gasteiger partial charge < -0.3 is 10.2 Å². The molecule has 0 aliphatic heterocycles. The lowest BCUT2D eigenvalue weighted by Crippen LogP contribution is -2.34. The second-order valence-electron chi connectivity index (χ2n) is 6.63. The summed E-state index contributed by atoms with van der Waals surface area (Å²) in [4.78, 5) is 34.7. The summed E-state index contributed by atoms with van der Waals surface area (Å²) in [6, 6.07) is 13.3. The van der Waals surface area contributed by atoms with Crippen molar-refractivity contribution in [2.24, 2.45) is 0 Å². The van der Waals surface area contributed by atoms with Crippen LogP contribution in [0.15, 0.2) is 54.7 Å². The zero-order valence-corrected chi connectivity index (χ0v) is 16.1. The Kier molecular flexibility index (Phi) is 5.79. The van der Waals surface area contributed by atoms with Gasteiger partial charge in [0, 0.05) is 18.8 Å². The lowest BCUT2D eigenvalue weighted by atomic mass is 10.1. The highest BCUT2D eigenvalue weighted by Gasteiger charge is 2.12. The van der Waals surface area contributed by atoms with Gasteiger partial charge in [0.25, 0.3) is 0 Å². The summed E-state index contributed by atoms with van der Waals surface area (Å²) < 4.78 is 0. The summed E-state index contributed by atoms with van der Waals surface area (Å²) in [6.45, 7) is 3.83. The smallest absolute Gasteiger partial charge is 0.246 e. The number of anilines is 1. The summed E-state index contributed by atoms with van der Waals surface area (Å²) in [5.41, 5.74) is 4.90. The zero-order chi connectivity index (χ0) is 20.1. The monoisotopic (exact) mass is 374 g/mol. The number of carbonyl (C=O) groups is 2. The number of para-hydroxylation sites is 3. The number of hydrogen-bond acceptors (Lipinski definition) is 4. The third-order valence-corrected chi connectivity index (χ3v) is 4.37. The lowest BCUT2D eigenvalue weighted by molar-refractivity contribution is -0.129. The van der Waals surface area contributed by atoms with Crippen molar-refractivity contribution in [3.8, 4) is 0 Å². The van der Waals surface area contributed by atoms with Gasteiger partial charge in [0.2, 0.25) is 11.8 Å². The maximum Gasteiger partial charge on any atom is 0.246 e. The molecule has 0 saturated heterocycles. The van der Waals surface area contributed by atoms with Crippen molar-refractivity contribution < 1.29 is 9.59 Å². The first kappa shape index (κ1) is 19.2. The Morgan fingerprint density at radius 2 is 1.71 bits per heavy atom. The molecule has 0 unspecified atom stereocenters. The minimum Gasteiger partial charge on any atom is -0.333 e. The molecule has 142 valence electrons. The number of hydrogen-bond donors (Lipinski definition) is 1. The van der Waals surface area contributed by atoms with Crippen molar-refractivity contribution >= 4 is 34.6 Å². The molecule has 0 saturated carbocycles. The van der Waals surface area contributed by atoms with Gasteiger partial charge in [-0.2, -0.15) is 0 Å². The molecule has 2 aromatic carbocycles. The van der Waals surface area contributed by atoms with E-state index in [1.807, 2.05) is 56.3 Å². The molecule has 0 radical (unpaired) electrons. The van der Waals surface area contributed by atoms with Gasteiger partial charge in [0.1, 0.15) is 0 Å².